The highest BCUT2D eigenvalue weighted by molar-refractivity contribution is 5.92. The molecule has 0 bridgehead atoms. The predicted octanol–water partition coefficient (Wildman–Crippen LogP) is 4.32. The molecule has 2 fully saturated rings. The summed E-state index contributed by atoms with van der Waals surface area (Å²) in [5.74, 6) is -5.60. The number of piperidine rings is 1. The number of ether oxygens (including phenoxy) is 2. The molecule has 38 heavy (non-hydrogen) atoms. The number of hydrogen-bond acceptors (Lipinski definition) is 8. The molecule has 0 saturated carbocycles. The Labute approximate surface area is 213 Å². The van der Waals surface area contributed by atoms with Gasteiger partial charge in [0.2, 0.25) is 5.89 Å². The molecule has 0 amide bonds. The summed E-state index contributed by atoms with van der Waals surface area (Å²) >= 11 is 0. The number of fused-ring (bicyclic) bond motifs is 1. The van der Waals surface area contributed by atoms with E-state index in [2.05, 4.69) is 24.9 Å². The summed E-state index contributed by atoms with van der Waals surface area (Å²) in [6, 6.07) is 0.391. The molecule has 0 radical (unpaired) electrons. The highest BCUT2D eigenvalue weighted by Gasteiger charge is 2.42. The van der Waals surface area contributed by atoms with Gasteiger partial charge >= 0.3 is 12.1 Å². The fourth-order valence-corrected chi connectivity index (χ4v) is 5.05. The molecular formula is C24H26F5N5O4. The molecule has 0 atom stereocenters. The standard InChI is InChI=1S/C24H26F5N5O4/c1-2-16-18-17(37-22(35)24(27,28)29)11-15(25)19(26)20(18)34(31-16)23-30-21(38-32-23)14-3-7-33(8-4-14)12-13-5-9-36-10-6-13/h11,13-14H,2-10,12H2,1H3. The maximum Gasteiger partial charge on any atom is 0.491 e. The van der Waals surface area contributed by atoms with Crippen LogP contribution >= 0.6 is 0 Å². The normalized spacial score (nSPS) is 18.4. The van der Waals surface area contributed by atoms with Crippen LogP contribution in [0.15, 0.2) is 10.6 Å². The zero-order valence-electron chi connectivity index (χ0n) is 20.6. The van der Waals surface area contributed by atoms with Gasteiger partial charge in [-0.1, -0.05) is 6.92 Å². The summed E-state index contributed by atoms with van der Waals surface area (Å²) in [7, 11) is 0. The van der Waals surface area contributed by atoms with Crippen molar-refractivity contribution >= 4 is 16.9 Å². The second kappa shape index (κ2) is 10.6. The Hall–Kier alpha value is -3.13. The molecule has 14 heteroatoms. The summed E-state index contributed by atoms with van der Waals surface area (Å²) in [4.78, 5) is 18.2. The Morgan fingerprint density at radius 1 is 1.16 bits per heavy atom. The van der Waals surface area contributed by atoms with E-state index in [-0.39, 0.29) is 29.4 Å². The van der Waals surface area contributed by atoms with E-state index in [1.807, 2.05) is 0 Å². The maximum atomic E-state index is 14.9. The quantitative estimate of drug-likeness (QED) is 0.258. The predicted molar refractivity (Wildman–Crippen MR) is 122 cm³/mol. The van der Waals surface area contributed by atoms with E-state index in [1.165, 1.54) is 0 Å². The molecule has 9 nitrogen and oxygen atoms in total. The first kappa shape index (κ1) is 26.5. The number of likely N-dealkylation sites (tertiary alicyclic amines) is 1. The molecule has 2 aliphatic rings. The third-order valence-electron chi connectivity index (χ3n) is 7.06. The highest BCUT2D eigenvalue weighted by atomic mass is 19.4. The van der Waals surface area contributed by atoms with Gasteiger partial charge in [-0.3, -0.25) is 0 Å². The van der Waals surface area contributed by atoms with Crippen LogP contribution in [0.5, 0.6) is 5.75 Å². The van der Waals surface area contributed by atoms with Crippen molar-refractivity contribution in [2.24, 2.45) is 5.92 Å². The first-order valence-electron chi connectivity index (χ1n) is 12.5. The molecule has 2 aromatic heterocycles. The van der Waals surface area contributed by atoms with Crippen molar-refractivity contribution in [1.29, 1.82) is 0 Å². The second-order valence-electron chi connectivity index (χ2n) is 9.56. The van der Waals surface area contributed by atoms with Crippen molar-refractivity contribution in [2.45, 2.75) is 51.1 Å². The number of benzene rings is 1. The molecule has 206 valence electrons. The first-order chi connectivity index (χ1) is 18.2. The Morgan fingerprint density at radius 2 is 1.87 bits per heavy atom. The van der Waals surface area contributed by atoms with Crippen LogP contribution in [0.4, 0.5) is 22.0 Å². The summed E-state index contributed by atoms with van der Waals surface area (Å²) < 4.78 is 83.8. The van der Waals surface area contributed by atoms with Crippen LogP contribution in [0.3, 0.4) is 0 Å². The number of aryl methyl sites for hydroxylation is 1. The molecule has 0 unspecified atom stereocenters. The monoisotopic (exact) mass is 543 g/mol. The summed E-state index contributed by atoms with van der Waals surface area (Å²) in [5, 5.41) is 7.78. The van der Waals surface area contributed by atoms with Crippen molar-refractivity contribution in [2.75, 3.05) is 32.8 Å². The lowest BCUT2D eigenvalue weighted by Crippen LogP contribution is -2.38. The van der Waals surface area contributed by atoms with E-state index in [1.54, 1.807) is 6.92 Å². The summed E-state index contributed by atoms with van der Waals surface area (Å²) in [6.45, 7) is 5.90. The number of esters is 1. The fraction of sp³-hybridized carbons (Fsp3) is 0.583. The van der Waals surface area contributed by atoms with Gasteiger partial charge in [0.05, 0.1) is 11.1 Å². The number of hydrogen-bond donors (Lipinski definition) is 0. The zero-order valence-corrected chi connectivity index (χ0v) is 20.6. The van der Waals surface area contributed by atoms with Crippen LogP contribution in [-0.2, 0) is 16.0 Å². The number of alkyl halides is 3. The van der Waals surface area contributed by atoms with E-state index >= 15 is 0 Å². The van der Waals surface area contributed by atoms with E-state index in [0.717, 1.165) is 63.2 Å². The minimum atomic E-state index is -5.33. The Bertz CT molecular complexity index is 1310. The van der Waals surface area contributed by atoms with Crippen molar-refractivity contribution in [3.05, 3.63) is 29.3 Å². The second-order valence-corrected chi connectivity index (χ2v) is 9.56. The van der Waals surface area contributed by atoms with Crippen LogP contribution in [0.25, 0.3) is 16.9 Å². The Morgan fingerprint density at radius 3 is 2.53 bits per heavy atom. The number of carbonyl (C=O) groups excluding carboxylic acids is 1. The van der Waals surface area contributed by atoms with Gasteiger partial charge < -0.3 is 18.9 Å². The Kier molecular flexibility index (Phi) is 7.36. The average molecular weight is 543 g/mol. The number of carbonyl (C=O) groups is 1. The van der Waals surface area contributed by atoms with Crippen molar-refractivity contribution in [3.8, 4) is 11.7 Å². The first-order valence-corrected chi connectivity index (χ1v) is 12.5. The number of halogens is 5. The van der Waals surface area contributed by atoms with E-state index < -0.39 is 35.0 Å². The van der Waals surface area contributed by atoms with Gasteiger partial charge in [0, 0.05) is 31.7 Å². The van der Waals surface area contributed by atoms with Crippen LogP contribution in [0.1, 0.15) is 50.1 Å². The SMILES string of the molecule is CCc1nn(-c2noc(C3CCN(CC4CCOCC4)CC3)n2)c2c(F)c(F)cc(OC(=O)C(F)(F)F)c12. The zero-order chi connectivity index (χ0) is 27.0. The summed E-state index contributed by atoms with van der Waals surface area (Å²) in [5.41, 5.74) is -0.484. The van der Waals surface area contributed by atoms with Gasteiger partial charge in [-0.15, -0.1) is 0 Å². The third kappa shape index (κ3) is 5.23. The van der Waals surface area contributed by atoms with Crippen molar-refractivity contribution < 1.29 is 40.7 Å². The van der Waals surface area contributed by atoms with Crippen LogP contribution in [-0.4, -0.2) is 69.8 Å². The van der Waals surface area contributed by atoms with Crippen molar-refractivity contribution in [1.82, 2.24) is 24.8 Å². The number of nitrogens with zero attached hydrogens (tertiary/aromatic N) is 5. The molecule has 2 saturated heterocycles. The molecule has 0 aliphatic carbocycles. The Balaban J connectivity index is 1.39. The van der Waals surface area contributed by atoms with Crippen LogP contribution in [0.2, 0.25) is 0 Å². The third-order valence-corrected chi connectivity index (χ3v) is 7.06. The van der Waals surface area contributed by atoms with E-state index in [4.69, 9.17) is 9.26 Å². The van der Waals surface area contributed by atoms with Gasteiger partial charge in [0.1, 0.15) is 11.3 Å². The fourth-order valence-electron chi connectivity index (χ4n) is 5.05. The lowest BCUT2D eigenvalue weighted by atomic mass is 9.94. The summed E-state index contributed by atoms with van der Waals surface area (Å²) in [6.07, 6.45) is -1.57. The number of rotatable bonds is 6. The van der Waals surface area contributed by atoms with E-state index in [9.17, 15) is 26.7 Å². The average Bonchev–Trinajstić information content (AvgIpc) is 3.53. The molecule has 2 aliphatic heterocycles. The molecule has 5 rings (SSSR count). The minimum absolute atomic E-state index is 0.0421. The molecule has 1 aromatic carbocycles. The molecule has 0 spiro atoms. The van der Waals surface area contributed by atoms with Gasteiger partial charge in [0.15, 0.2) is 11.6 Å². The van der Waals surface area contributed by atoms with Crippen LogP contribution in [0, 0.1) is 17.6 Å². The van der Waals surface area contributed by atoms with Gasteiger partial charge in [-0.2, -0.15) is 27.9 Å². The topological polar surface area (TPSA) is 95.5 Å². The van der Waals surface area contributed by atoms with Crippen LogP contribution < -0.4 is 4.74 Å². The molecular weight excluding hydrogens is 517 g/mol. The number of aromatic nitrogens is 4. The highest BCUT2D eigenvalue weighted by Crippen LogP contribution is 2.36. The van der Waals surface area contributed by atoms with Crippen molar-refractivity contribution in [3.63, 3.8) is 0 Å². The van der Waals surface area contributed by atoms with E-state index in [0.29, 0.717) is 17.9 Å². The van der Waals surface area contributed by atoms with Gasteiger partial charge in [-0.25, -0.2) is 13.6 Å². The van der Waals surface area contributed by atoms with Gasteiger partial charge in [-0.05, 0) is 56.3 Å². The van der Waals surface area contributed by atoms with Gasteiger partial charge in [0.25, 0.3) is 5.95 Å². The molecule has 3 aromatic rings. The minimum Gasteiger partial charge on any atom is -0.419 e. The lowest BCUT2D eigenvalue weighted by molar-refractivity contribution is -0.189. The largest absolute Gasteiger partial charge is 0.491 e. The lowest BCUT2D eigenvalue weighted by Gasteiger charge is -2.34. The smallest absolute Gasteiger partial charge is 0.419 e. The molecule has 4 heterocycles. The maximum absolute atomic E-state index is 14.9. The molecule has 0 N–H and O–H groups in total.